The van der Waals surface area contributed by atoms with Crippen molar-refractivity contribution >= 4 is 24.4 Å². The predicted molar refractivity (Wildman–Crippen MR) is 123 cm³/mol. The second-order valence-electron chi connectivity index (χ2n) is 8.13. The van der Waals surface area contributed by atoms with Gasteiger partial charge in [0.15, 0.2) is 0 Å². The number of nitrogens with zero attached hydrogens (tertiary/aromatic N) is 1. The molecule has 1 N–H and O–H groups in total. The summed E-state index contributed by atoms with van der Waals surface area (Å²) in [6.45, 7) is 8.16. The fraction of sp³-hybridized carbons (Fsp3) is 0.240. The maximum atomic E-state index is 8.94. The summed E-state index contributed by atoms with van der Waals surface area (Å²) in [6, 6.07) is 31.0. The van der Waals surface area contributed by atoms with Crippen molar-refractivity contribution in [3.63, 3.8) is 0 Å². The molecule has 29 heavy (non-hydrogen) atoms. The number of benzene rings is 3. The zero-order valence-electron chi connectivity index (χ0n) is 17.4. The van der Waals surface area contributed by atoms with E-state index in [2.05, 4.69) is 92.8 Å². The van der Waals surface area contributed by atoms with E-state index in [0.717, 1.165) is 5.69 Å². The van der Waals surface area contributed by atoms with Crippen LogP contribution in [-0.4, -0.2) is 21.5 Å². The van der Waals surface area contributed by atoms with Crippen LogP contribution in [0.1, 0.15) is 26.3 Å². The summed E-state index contributed by atoms with van der Waals surface area (Å²) in [7, 11) is -2.49. The van der Waals surface area contributed by atoms with Crippen molar-refractivity contribution in [2.45, 2.75) is 25.8 Å². The van der Waals surface area contributed by atoms with E-state index in [1.807, 2.05) is 24.3 Å². The van der Waals surface area contributed by atoms with Crippen LogP contribution >= 0.6 is 0 Å². The van der Waals surface area contributed by atoms with Crippen molar-refractivity contribution in [1.82, 2.24) is 0 Å². The molecule has 0 saturated heterocycles. The van der Waals surface area contributed by atoms with Gasteiger partial charge in [0.05, 0.1) is 20.0 Å². The molecule has 0 heterocycles. The molecule has 0 atom stereocenters. The first-order valence-electron chi connectivity index (χ1n) is 9.96. The zero-order chi connectivity index (χ0) is 20.7. The maximum Gasteiger partial charge on any atom is 0.0991 e. The largest absolute Gasteiger partial charge is 0.557 e. The highest BCUT2D eigenvalue weighted by atomic mass is 28.4. The summed E-state index contributed by atoms with van der Waals surface area (Å²) in [5.74, 6) is 0. The van der Waals surface area contributed by atoms with Crippen molar-refractivity contribution in [1.29, 1.82) is 5.26 Å². The third kappa shape index (κ3) is 4.59. The number of hydrogen-bond acceptors (Lipinski definition) is 3. The average Bonchev–Trinajstić information content (AvgIpc) is 2.74. The van der Waals surface area contributed by atoms with E-state index in [1.165, 1.54) is 10.4 Å². The van der Waals surface area contributed by atoms with Crippen molar-refractivity contribution < 1.29 is 4.43 Å². The van der Waals surface area contributed by atoms with Gasteiger partial charge < -0.3 is 9.74 Å². The highest BCUT2D eigenvalue weighted by Crippen LogP contribution is 2.36. The lowest BCUT2D eigenvalue weighted by molar-refractivity contribution is 0.312. The van der Waals surface area contributed by atoms with Gasteiger partial charge in [0.25, 0.3) is 0 Å². The Morgan fingerprint density at radius 1 is 0.828 bits per heavy atom. The molecular weight excluding hydrogens is 372 g/mol. The fourth-order valence-electron chi connectivity index (χ4n) is 3.82. The minimum absolute atomic E-state index is 0.0237. The Kier molecular flexibility index (Phi) is 6.53. The first-order valence-corrected chi connectivity index (χ1v) is 11.9. The van der Waals surface area contributed by atoms with Gasteiger partial charge in [-0.05, 0) is 24.3 Å². The summed E-state index contributed by atoms with van der Waals surface area (Å²) in [4.78, 5) is 0. The quantitative estimate of drug-likeness (QED) is 0.467. The van der Waals surface area contributed by atoms with E-state index >= 15 is 0 Å². The monoisotopic (exact) mass is 400 g/mol. The molecule has 0 saturated carbocycles. The molecular formula is C25H28N2OSi-. The molecule has 3 nitrogen and oxygen atoms in total. The van der Waals surface area contributed by atoms with E-state index in [1.54, 1.807) is 0 Å². The number of rotatable bonds is 7. The van der Waals surface area contributed by atoms with E-state index in [9.17, 15) is 0 Å². The van der Waals surface area contributed by atoms with Crippen molar-refractivity contribution in [2.75, 3.05) is 18.5 Å². The molecule has 3 rings (SSSR count). The summed E-state index contributed by atoms with van der Waals surface area (Å²) < 4.78 is 6.86. The summed E-state index contributed by atoms with van der Waals surface area (Å²) in [5.41, 5.74) is 1.66. The second-order valence-corrected chi connectivity index (χ2v) is 12.4. The second kappa shape index (κ2) is 9.08. The van der Waals surface area contributed by atoms with Crippen molar-refractivity contribution in [3.05, 3.63) is 90.5 Å². The van der Waals surface area contributed by atoms with E-state index in [4.69, 9.17) is 9.69 Å². The lowest BCUT2D eigenvalue weighted by atomic mass is 10.2. The van der Waals surface area contributed by atoms with E-state index in [0.29, 0.717) is 18.7 Å². The van der Waals surface area contributed by atoms with E-state index in [-0.39, 0.29) is 5.04 Å². The Hall–Kier alpha value is -2.87. The number of nitrogens with one attached hydrogen (secondary N) is 1. The van der Waals surface area contributed by atoms with Gasteiger partial charge >= 0.3 is 0 Å². The Balaban J connectivity index is 1.84. The minimum Gasteiger partial charge on any atom is -0.557 e. The van der Waals surface area contributed by atoms with Gasteiger partial charge in [0.2, 0.25) is 0 Å². The smallest absolute Gasteiger partial charge is 0.0991 e. The Labute approximate surface area is 175 Å². The molecule has 0 aromatic heterocycles. The number of nitriles is 1. The molecule has 3 aromatic carbocycles. The number of hydrogen-bond donors (Lipinski definition) is 1. The lowest BCUT2D eigenvalue weighted by Gasteiger charge is -2.55. The molecule has 0 spiro atoms. The van der Waals surface area contributed by atoms with Crippen molar-refractivity contribution in [2.24, 2.45) is 0 Å². The van der Waals surface area contributed by atoms with Gasteiger partial charge in [0, 0.05) is 18.8 Å². The summed E-state index contributed by atoms with van der Waals surface area (Å²) >= 11 is 0. The molecule has 0 amide bonds. The SMILES string of the molecule is CC(C)(C)[Si-](OCCNc1ccc(C#N)cc1)(c1ccccc1)c1ccccc1. The molecule has 0 aliphatic rings. The van der Waals surface area contributed by atoms with Gasteiger partial charge in [-0.3, -0.25) is 0 Å². The summed E-state index contributed by atoms with van der Waals surface area (Å²) in [5, 5.41) is 14.9. The van der Waals surface area contributed by atoms with Crippen LogP contribution in [0.25, 0.3) is 0 Å². The van der Waals surface area contributed by atoms with Crippen LogP contribution in [0, 0.1) is 11.3 Å². The van der Waals surface area contributed by atoms with Crippen LogP contribution in [0.5, 0.6) is 0 Å². The van der Waals surface area contributed by atoms with E-state index < -0.39 is 8.32 Å². The Bertz CT molecular complexity index is 903. The van der Waals surface area contributed by atoms with Gasteiger partial charge in [-0.1, -0.05) is 81.4 Å². The normalized spacial score (nSPS) is 11.7. The predicted octanol–water partition coefficient (Wildman–Crippen LogP) is 4.55. The molecule has 0 radical (unpaired) electrons. The average molecular weight is 401 g/mol. The Morgan fingerprint density at radius 2 is 1.34 bits per heavy atom. The zero-order valence-corrected chi connectivity index (χ0v) is 18.4. The third-order valence-corrected chi connectivity index (χ3v) is 10.2. The first kappa shape index (κ1) is 20.9. The minimum atomic E-state index is -2.49. The molecule has 149 valence electrons. The van der Waals surface area contributed by atoms with Gasteiger partial charge in [0.1, 0.15) is 0 Å². The van der Waals surface area contributed by atoms with Gasteiger partial charge in [-0.15, -0.1) is 5.04 Å². The molecule has 0 aliphatic heterocycles. The van der Waals surface area contributed by atoms with Crippen LogP contribution in [0.2, 0.25) is 5.04 Å². The highest BCUT2D eigenvalue weighted by molar-refractivity contribution is 6.99. The van der Waals surface area contributed by atoms with Crippen molar-refractivity contribution in [3.8, 4) is 6.07 Å². The first-order chi connectivity index (χ1) is 14.0. The van der Waals surface area contributed by atoms with Crippen LogP contribution < -0.4 is 15.7 Å². The maximum absolute atomic E-state index is 8.94. The van der Waals surface area contributed by atoms with Crippen LogP contribution in [0.3, 0.4) is 0 Å². The van der Waals surface area contributed by atoms with Gasteiger partial charge in [-0.25, -0.2) is 0 Å². The lowest BCUT2D eigenvalue weighted by Crippen LogP contribution is -2.66. The van der Waals surface area contributed by atoms with Crippen LogP contribution in [-0.2, 0) is 4.43 Å². The number of anilines is 1. The molecule has 3 aromatic rings. The summed E-state index contributed by atoms with van der Waals surface area (Å²) in [6.07, 6.45) is 0. The topological polar surface area (TPSA) is 45.0 Å². The Morgan fingerprint density at radius 3 is 1.79 bits per heavy atom. The standard InChI is InChI=1S/C25H28N2OSi/c1-25(2,3)29(23-10-6-4-7-11-23,24-12-8-5-9-13-24)28-19-18-27-22-16-14-21(20-26)15-17-22/h4-17,27H,18-19H2,1-3H3/q-1. The molecule has 0 fully saturated rings. The van der Waals surface area contributed by atoms with Crippen LogP contribution in [0.15, 0.2) is 84.9 Å². The molecule has 0 bridgehead atoms. The molecule has 0 aliphatic carbocycles. The fourth-order valence-corrected chi connectivity index (χ4v) is 8.39. The van der Waals surface area contributed by atoms with Gasteiger partial charge in [-0.2, -0.15) is 15.6 Å². The molecule has 4 heteroatoms. The molecule has 0 unspecified atom stereocenters. The van der Waals surface area contributed by atoms with Crippen LogP contribution in [0.4, 0.5) is 5.69 Å². The highest BCUT2D eigenvalue weighted by Gasteiger charge is 2.36. The third-order valence-electron chi connectivity index (χ3n) is 5.18.